The van der Waals surface area contributed by atoms with E-state index >= 15 is 0 Å². The number of benzene rings is 3. The van der Waals surface area contributed by atoms with Crippen LogP contribution in [0.5, 0.6) is 0 Å². The Morgan fingerprint density at radius 3 is 2.07 bits per heavy atom. The Bertz CT molecular complexity index is 1170. The number of carbonyl (C=O) groups is 1. The van der Waals surface area contributed by atoms with Gasteiger partial charge in [-0.25, -0.2) is 5.43 Å². The van der Waals surface area contributed by atoms with Gasteiger partial charge in [-0.3, -0.25) is 4.79 Å². The molecule has 0 aliphatic rings. The van der Waals surface area contributed by atoms with Crippen LogP contribution in [0.25, 0.3) is 10.9 Å². The van der Waals surface area contributed by atoms with Gasteiger partial charge in [0.1, 0.15) is 0 Å². The van der Waals surface area contributed by atoms with E-state index in [-0.39, 0.29) is 0 Å². The maximum Gasteiger partial charge on any atom is 0.281 e. The molecule has 3 aromatic carbocycles. The summed E-state index contributed by atoms with van der Waals surface area (Å²) in [7, 11) is 2.00. The molecule has 1 amide bonds. The third kappa shape index (κ3) is 3.29. The molecule has 0 aliphatic heterocycles. The van der Waals surface area contributed by atoms with Crippen LogP contribution in [0, 0.1) is 6.92 Å². The maximum absolute atomic E-state index is 13.1. The van der Waals surface area contributed by atoms with Gasteiger partial charge < -0.3 is 9.67 Å². The molecule has 0 fully saturated rings. The van der Waals surface area contributed by atoms with Crippen molar-refractivity contribution in [2.45, 2.75) is 12.5 Å². The summed E-state index contributed by atoms with van der Waals surface area (Å²) in [4.78, 5) is 13.1. The van der Waals surface area contributed by atoms with Crippen molar-refractivity contribution in [3.8, 4) is 0 Å². The smallest absolute Gasteiger partial charge is 0.281 e. The van der Waals surface area contributed by atoms with Crippen LogP contribution in [0.1, 0.15) is 22.4 Å². The number of aryl methyl sites for hydroxylation is 1. The van der Waals surface area contributed by atoms with Gasteiger partial charge in [0.05, 0.1) is 6.21 Å². The number of fused-ring (bicyclic) bond motifs is 1. The van der Waals surface area contributed by atoms with Gasteiger partial charge in [-0.05, 0) is 24.1 Å². The van der Waals surface area contributed by atoms with Crippen LogP contribution in [-0.2, 0) is 17.4 Å². The average molecular weight is 397 g/mol. The minimum absolute atomic E-state index is 0.477. The number of aromatic nitrogens is 1. The van der Waals surface area contributed by atoms with Gasteiger partial charge in [0.15, 0.2) is 5.60 Å². The molecule has 4 aromatic rings. The molecule has 0 bridgehead atoms. The molecule has 1 aromatic heterocycles. The summed E-state index contributed by atoms with van der Waals surface area (Å²) in [6.07, 6.45) is 1.63. The zero-order chi connectivity index (χ0) is 21.1. The summed E-state index contributed by atoms with van der Waals surface area (Å²) >= 11 is 0. The third-order valence-corrected chi connectivity index (χ3v) is 5.52. The lowest BCUT2D eigenvalue weighted by molar-refractivity contribution is -0.136. The summed E-state index contributed by atoms with van der Waals surface area (Å²) in [5.41, 5.74) is 4.70. The van der Waals surface area contributed by atoms with Crippen LogP contribution in [0.4, 0.5) is 0 Å². The van der Waals surface area contributed by atoms with E-state index in [4.69, 9.17) is 0 Å². The van der Waals surface area contributed by atoms with Crippen LogP contribution in [0.2, 0.25) is 0 Å². The maximum atomic E-state index is 13.1. The fourth-order valence-corrected chi connectivity index (χ4v) is 3.74. The molecule has 0 aliphatic carbocycles. The summed E-state index contributed by atoms with van der Waals surface area (Å²) in [6.45, 7) is 2.01. The fourth-order valence-electron chi connectivity index (χ4n) is 3.74. The molecule has 2 N–H and O–H groups in total. The lowest BCUT2D eigenvalue weighted by Gasteiger charge is -2.27. The second-order valence-corrected chi connectivity index (χ2v) is 7.22. The molecular weight excluding hydrogens is 374 g/mol. The van der Waals surface area contributed by atoms with E-state index in [1.165, 1.54) is 0 Å². The molecule has 4 rings (SSSR count). The Kier molecular flexibility index (Phi) is 5.21. The van der Waals surface area contributed by atoms with Gasteiger partial charge in [0.25, 0.3) is 5.91 Å². The molecule has 0 spiro atoms. The highest BCUT2D eigenvalue weighted by Gasteiger charge is 2.39. The monoisotopic (exact) mass is 397 g/mol. The highest BCUT2D eigenvalue weighted by molar-refractivity contribution is 6.01. The van der Waals surface area contributed by atoms with E-state index in [0.717, 1.165) is 22.2 Å². The Balaban J connectivity index is 1.67. The van der Waals surface area contributed by atoms with Gasteiger partial charge in [0, 0.05) is 29.2 Å². The molecule has 1 heterocycles. The molecule has 5 heteroatoms. The van der Waals surface area contributed by atoms with Crippen LogP contribution in [0.15, 0.2) is 90.0 Å². The number of carbonyl (C=O) groups excluding carboxylic acids is 1. The Morgan fingerprint density at radius 1 is 0.933 bits per heavy atom. The van der Waals surface area contributed by atoms with Crippen molar-refractivity contribution in [2.75, 3.05) is 0 Å². The largest absolute Gasteiger partial charge is 0.372 e. The topological polar surface area (TPSA) is 66.6 Å². The predicted molar refractivity (Wildman–Crippen MR) is 119 cm³/mol. The zero-order valence-electron chi connectivity index (χ0n) is 16.9. The molecule has 0 saturated carbocycles. The molecule has 0 unspecified atom stereocenters. The van der Waals surface area contributed by atoms with Crippen molar-refractivity contribution in [3.05, 3.63) is 107 Å². The summed E-state index contributed by atoms with van der Waals surface area (Å²) in [5.74, 6) is -0.617. The van der Waals surface area contributed by atoms with E-state index in [9.17, 15) is 9.90 Å². The van der Waals surface area contributed by atoms with E-state index in [2.05, 4.69) is 15.1 Å². The SMILES string of the molecule is Cc1c(/C=N\NC(=O)C(O)(c2ccccc2)c2ccccc2)c2ccccc2n1C. The minimum Gasteiger partial charge on any atom is -0.372 e. The normalized spacial score (nSPS) is 11.8. The Hall–Kier alpha value is -3.70. The molecule has 150 valence electrons. The van der Waals surface area contributed by atoms with Crippen molar-refractivity contribution < 1.29 is 9.90 Å². The summed E-state index contributed by atoms with van der Waals surface area (Å²) < 4.78 is 2.09. The first-order valence-electron chi connectivity index (χ1n) is 9.74. The van der Waals surface area contributed by atoms with Crippen LogP contribution >= 0.6 is 0 Å². The number of hydrogen-bond acceptors (Lipinski definition) is 3. The second kappa shape index (κ2) is 7.97. The van der Waals surface area contributed by atoms with Crippen molar-refractivity contribution in [1.82, 2.24) is 9.99 Å². The molecule has 0 radical (unpaired) electrons. The predicted octanol–water partition coefficient (Wildman–Crippen LogP) is 3.87. The van der Waals surface area contributed by atoms with Crippen molar-refractivity contribution in [3.63, 3.8) is 0 Å². The van der Waals surface area contributed by atoms with Gasteiger partial charge >= 0.3 is 0 Å². The third-order valence-electron chi connectivity index (χ3n) is 5.52. The molecular formula is C25H23N3O2. The van der Waals surface area contributed by atoms with E-state index in [0.29, 0.717) is 11.1 Å². The first-order valence-corrected chi connectivity index (χ1v) is 9.74. The lowest BCUT2D eigenvalue weighted by atomic mass is 9.85. The molecule has 30 heavy (non-hydrogen) atoms. The van der Waals surface area contributed by atoms with E-state index in [1.807, 2.05) is 50.4 Å². The first kappa shape index (κ1) is 19.6. The number of nitrogens with one attached hydrogen (secondary N) is 1. The summed E-state index contributed by atoms with van der Waals surface area (Å²) in [6, 6.07) is 25.8. The van der Waals surface area contributed by atoms with E-state index in [1.54, 1.807) is 54.7 Å². The van der Waals surface area contributed by atoms with Crippen molar-refractivity contribution in [2.24, 2.45) is 12.1 Å². The highest BCUT2D eigenvalue weighted by Crippen LogP contribution is 2.30. The Morgan fingerprint density at radius 2 is 1.47 bits per heavy atom. The first-order chi connectivity index (χ1) is 14.5. The van der Waals surface area contributed by atoms with Crippen LogP contribution < -0.4 is 5.43 Å². The number of aliphatic hydroxyl groups is 1. The summed E-state index contributed by atoms with van der Waals surface area (Å²) in [5, 5.41) is 16.7. The van der Waals surface area contributed by atoms with Gasteiger partial charge in [-0.1, -0.05) is 78.9 Å². The number of amides is 1. The van der Waals surface area contributed by atoms with Crippen molar-refractivity contribution in [1.29, 1.82) is 0 Å². The number of hydrazone groups is 1. The molecule has 5 nitrogen and oxygen atoms in total. The fraction of sp³-hybridized carbons (Fsp3) is 0.120. The van der Waals surface area contributed by atoms with Gasteiger partial charge in [-0.2, -0.15) is 5.10 Å². The Labute approximate surface area is 175 Å². The van der Waals surface area contributed by atoms with Gasteiger partial charge in [-0.15, -0.1) is 0 Å². The van der Waals surface area contributed by atoms with Crippen LogP contribution in [-0.4, -0.2) is 21.8 Å². The van der Waals surface area contributed by atoms with Gasteiger partial charge in [0.2, 0.25) is 0 Å². The quantitative estimate of drug-likeness (QED) is 0.397. The number of rotatable bonds is 5. The minimum atomic E-state index is -1.85. The highest BCUT2D eigenvalue weighted by atomic mass is 16.3. The molecule has 0 atom stereocenters. The zero-order valence-corrected chi connectivity index (χ0v) is 16.9. The number of nitrogens with zero attached hydrogens (tertiary/aromatic N) is 2. The number of para-hydroxylation sites is 1. The van der Waals surface area contributed by atoms with Crippen LogP contribution in [0.3, 0.4) is 0 Å². The average Bonchev–Trinajstić information content (AvgIpc) is 3.04. The number of hydrogen-bond donors (Lipinski definition) is 2. The van der Waals surface area contributed by atoms with Crippen molar-refractivity contribution >= 4 is 23.0 Å². The van der Waals surface area contributed by atoms with E-state index < -0.39 is 11.5 Å². The standard InChI is InChI=1S/C25H23N3O2/c1-18-22(21-15-9-10-16-23(21)28(18)2)17-26-27-24(29)25(30,19-11-5-3-6-12-19)20-13-7-4-8-14-20/h3-17,30H,1-2H3,(H,27,29)/b26-17-. The second-order valence-electron chi connectivity index (χ2n) is 7.22. The lowest BCUT2D eigenvalue weighted by Crippen LogP contribution is -2.43. The molecule has 0 saturated heterocycles.